The maximum absolute atomic E-state index is 12.1. The van der Waals surface area contributed by atoms with Gasteiger partial charge in [0.2, 0.25) is 0 Å². The summed E-state index contributed by atoms with van der Waals surface area (Å²) in [7, 11) is 0. The van der Waals surface area contributed by atoms with Crippen molar-refractivity contribution in [1.29, 1.82) is 0 Å². The average Bonchev–Trinajstić information content (AvgIpc) is 2.47. The van der Waals surface area contributed by atoms with E-state index < -0.39 is 5.60 Å². The molecule has 2 heterocycles. The molecule has 3 atom stereocenters. The number of amides is 1. The van der Waals surface area contributed by atoms with E-state index in [2.05, 4.69) is 5.92 Å². The molecule has 2 aliphatic heterocycles. The lowest BCUT2D eigenvalue weighted by Gasteiger charge is -2.38. The van der Waals surface area contributed by atoms with Crippen LogP contribution in [0.5, 0.6) is 0 Å². The van der Waals surface area contributed by atoms with Gasteiger partial charge in [-0.1, -0.05) is 0 Å². The second-order valence-electron chi connectivity index (χ2n) is 6.11. The van der Waals surface area contributed by atoms with Gasteiger partial charge < -0.3 is 9.64 Å². The molecule has 3 nitrogen and oxygen atoms in total. The van der Waals surface area contributed by atoms with E-state index in [-0.39, 0.29) is 6.09 Å². The van der Waals surface area contributed by atoms with Gasteiger partial charge in [0.05, 0.1) is 0 Å². The van der Waals surface area contributed by atoms with Gasteiger partial charge in [0, 0.05) is 18.0 Å². The van der Waals surface area contributed by atoms with Crippen molar-refractivity contribution < 1.29 is 9.53 Å². The molecule has 0 saturated carbocycles. The average molecular weight is 235 g/mol. The standard InChI is InChI=1S/C14H21NO2/c1-5-10-8-11-6-7-12(9-10)15(11)13(16)17-14(2,3)4/h1,10-12H,6-9H2,2-4H3/t10?,11-,12+. The minimum atomic E-state index is -0.417. The zero-order valence-electron chi connectivity index (χ0n) is 10.9. The summed E-state index contributed by atoms with van der Waals surface area (Å²) in [6.45, 7) is 5.71. The molecule has 0 aliphatic carbocycles. The van der Waals surface area contributed by atoms with Crippen molar-refractivity contribution in [2.45, 2.75) is 64.1 Å². The molecule has 3 heteroatoms. The molecule has 1 amide bonds. The fourth-order valence-corrected chi connectivity index (χ4v) is 2.93. The number of terminal acetylenes is 1. The number of nitrogens with zero attached hydrogens (tertiary/aromatic N) is 1. The van der Waals surface area contributed by atoms with Crippen molar-refractivity contribution >= 4 is 6.09 Å². The second kappa shape index (κ2) is 4.25. The lowest BCUT2D eigenvalue weighted by molar-refractivity contribution is 0.00492. The third kappa shape index (κ3) is 2.57. The van der Waals surface area contributed by atoms with Gasteiger partial charge in [-0.2, -0.15) is 0 Å². The molecular weight excluding hydrogens is 214 g/mol. The Hall–Kier alpha value is -1.17. The zero-order chi connectivity index (χ0) is 12.6. The van der Waals surface area contributed by atoms with Gasteiger partial charge in [0.15, 0.2) is 0 Å². The maximum atomic E-state index is 12.1. The SMILES string of the molecule is C#CC1C[C@H]2CC[C@@H](C1)N2C(=O)OC(C)(C)C. The Morgan fingerprint density at radius 2 is 1.82 bits per heavy atom. The summed E-state index contributed by atoms with van der Waals surface area (Å²) in [6, 6.07) is 0.592. The molecule has 2 aliphatic rings. The first-order chi connectivity index (χ1) is 7.90. The molecule has 0 aromatic rings. The molecule has 0 aromatic heterocycles. The van der Waals surface area contributed by atoms with Crippen molar-refractivity contribution in [2.24, 2.45) is 5.92 Å². The topological polar surface area (TPSA) is 29.5 Å². The molecule has 2 rings (SSSR count). The van der Waals surface area contributed by atoms with E-state index in [1.165, 1.54) is 0 Å². The minimum Gasteiger partial charge on any atom is -0.444 e. The zero-order valence-corrected chi connectivity index (χ0v) is 10.9. The first kappa shape index (κ1) is 12.3. The van der Waals surface area contributed by atoms with Gasteiger partial charge in [-0.05, 0) is 46.5 Å². The van der Waals surface area contributed by atoms with Crippen LogP contribution in [0.4, 0.5) is 4.79 Å². The Kier molecular flexibility index (Phi) is 3.07. The fraction of sp³-hybridized carbons (Fsp3) is 0.786. The molecule has 2 bridgehead atoms. The molecular formula is C14H21NO2. The van der Waals surface area contributed by atoms with E-state index in [1.54, 1.807) is 0 Å². The maximum Gasteiger partial charge on any atom is 0.410 e. The highest BCUT2D eigenvalue weighted by atomic mass is 16.6. The quantitative estimate of drug-likeness (QED) is 0.604. The van der Waals surface area contributed by atoms with E-state index in [0.29, 0.717) is 18.0 Å². The summed E-state index contributed by atoms with van der Waals surface area (Å²) < 4.78 is 5.46. The number of ether oxygens (including phenoxy) is 1. The van der Waals surface area contributed by atoms with Gasteiger partial charge >= 0.3 is 6.09 Å². The first-order valence-corrected chi connectivity index (χ1v) is 6.38. The Balaban J connectivity index is 2.04. The van der Waals surface area contributed by atoms with Crippen molar-refractivity contribution in [2.75, 3.05) is 0 Å². The Labute approximate surface area is 104 Å². The molecule has 17 heavy (non-hydrogen) atoms. The summed E-state index contributed by atoms with van der Waals surface area (Å²) in [5.41, 5.74) is -0.417. The van der Waals surface area contributed by atoms with Crippen molar-refractivity contribution in [3.05, 3.63) is 0 Å². The highest BCUT2D eigenvalue weighted by molar-refractivity contribution is 5.69. The van der Waals surface area contributed by atoms with Crippen LogP contribution >= 0.6 is 0 Å². The number of hydrogen-bond acceptors (Lipinski definition) is 2. The number of carbonyl (C=O) groups excluding carboxylic acids is 1. The van der Waals surface area contributed by atoms with E-state index in [4.69, 9.17) is 11.2 Å². The van der Waals surface area contributed by atoms with E-state index in [9.17, 15) is 4.79 Å². The van der Waals surface area contributed by atoms with Crippen LogP contribution in [0.15, 0.2) is 0 Å². The lowest BCUT2D eigenvalue weighted by Crippen LogP contribution is -2.48. The van der Waals surface area contributed by atoms with Gasteiger partial charge in [-0.15, -0.1) is 12.3 Å². The second-order valence-corrected chi connectivity index (χ2v) is 6.11. The van der Waals surface area contributed by atoms with Crippen LogP contribution < -0.4 is 0 Å². The van der Waals surface area contributed by atoms with Crippen molar-refractivity contribution in [3.63, 3.8) is 0 Å². The van der Waals surface area contributed by atoms with Gasteiger partial charge in [0.25, 0.3) is 0 Å². The third-order valence-corrected chi connectivity index (χ3v) is 3.57. The van der Waals surface area contributed by atoms with Crippen LogP contribution in [0.2, 0.25) is 0 Å². The van der Waals surface area contributed by atoms with Crippen LogP contribution in [0.25, 0.3) is 0 Å². The Morgan fingerprint density at radius 3 is 2.24 bits per heavy atom. The van der Waals surface area contributed by atoms with Crippen LogP contribution in [0.3, 0.4) is 0 Å². The van der Waals surface area contributed by atoms with E-state index >= 15 is 0 Å². The molecule has 0 radical (unpaired) electrons. The molecule has 2 saturated heterocycles. The summed E-state index contributed by atoms with van der Waals surface area (Å²) in [5.74, 6) is 3.17. The summed E-state index contributed by atoms with van der Waals surface area (Å²) in [5, 5.41) is 0. The molecule has 0 N–H and O–H groups in total. The smallest absolute Gasteiger partial charge is 0.410 e. The van der Waals surface area contributed by atoms with Gasteiger partial charge in [-0.3, -0.25) is 0 Å². The lowest BCUT2D eigenvalue weighted by atomic mass is 9.92. The first-order valence-electron chi connectivity index (χ1n) is 6.38. The van der Waals surface area contributed by atoms with Crippen molar-refractivity contribution in [1.82, 2.24) is 4.90 Å². The van der Waals surface area contributed by atoms with Crippen LogP contribution in [-0.2, 0) is 4.74 Å². The van der Waals surface area contributed by atoms with Crippen LogP contribution in [0.1, 0.15) is 46.5 Å². The van der Waals surface area contributed by atoms with E-state index in [1.807, 2.05) is 25.7 Å². The number of rotatable bonds is 0. The number of hydrogen-bond donors (Lipinski definition) is 0. The summed E-state index contributed by atoms with van der Waals surface area (Å²) in [4.78, 5) is 14.1. The Bertz CT molecular complexity index is 336. The molecule has 1 unspecified atom stereocenters. The highest BCUT2D eigenvalue weighted by Crippen LogP contribution is 2.39. The number of piperidine rings is 1. The molecule has 2 fully saturated rings. The minimum absolute atomic E-state index is 0.166. The van der Waals surface area contributed by atoms with Crippen molar-refractivity contribution in [3.8, 4) is 12.3 Å². The highest BCUT2D eigenvalue weighted by Gasteiger charge is 2.44. The van der Waals surface area contributed by atoms with E-state index in [0.717, 1.165) is 25.7 Å². The summed E-state index contributed by atoms with van der Waals surface area (Å²) >= 11 is 0. The Morgan fingerprint density at radius 1 is 1.29 bits per heavy atom. The molecule has 0 spiro atoms. The van der Waals surface area contributed by atoms with Gasteiger partial charge in [0.1, 0.15) is 5.60 Å². The molecule has 0 aromatic carbocycles. The summed E-state index contributed by atoms with van der Waals surface area (Å²) in [6.07, 6.45) is 9.34. The normalized spacial score (nSPS) is 32.1. The number of fused-ring (bicyclic) bond motifs is 2. The van der Waals surface area contributed by atoms with Gasteiger partial charge in [-0.25, -0.2) is 4.79 Å². The van der Waals surface area contributed by atoms with Crippen LogP contribution in [-0.4, -0.2) is 28.7 Å². The monoisotopic (exact) mass is 235 g/mol. The third-order valence-electron chi connectivity index (χ3n) is 3.57. The molecule has 94 valence electrons. The number of carbonyl (C=O) groups is 1. The fourth-order valence-electron chi connectivity index (χ4n) is 2.93. The largest absolute Gasteiger partial charge is 0.444 e. The predicted octanol–water partition coefficient (Wildman–Crippen LogP) is 2.80. The van der Waals surface area contributed by atoms with Crippen LogP contribution in [0, 0.1) is 18.3 Å². The predicted molar refractivity (Wildman–Crippen MR) is 66.4 cm³/mol.